The molecule has 2 atom stereocenters. The monoisotopic (exact) mass is 235 g/mol. The van der Waals surface area contributed by atoms with Crippen molar-refractivity contribution in [3.63, 3.8) is 0 Å². The summed E-state index contributed by atoms with van der Waals surface area (Å²) in [5.41, 5.74) is 0.437. The lowest BCUT2D eigenvalue weighted by Gasteiger charge is -2.34. The third-order valence-electron chi connectivity index (χ3n) is 3.79. The maximum absolute atomic E-state index is 12.2. The summed E-state index contributed by atoms with van der Waals surface area (Å²) in [6.45, 7) is 4.55. The predicted molar refractivity (Wildman–Crippen MR) is 61.7 cm³/mol. The van der Waals surface area contributed by atoms with E-state index in [4.69, 9.17) is 4.52 Å². The van der Waals surface area contributed by atoms with Gasteiger partial charge in [-0.1, -0.05) is 5.16 Å². The van der Waals surface area contributed by atoms with Crippen LogP contribution in [0.15, 0.2) is 10.6 Å². The Kier molecular flexibility index (Phi) is 2.63. The van der Waals surface area contributed by atoms with E-state index in [0.717, 1.165) is 26.1 Å². The van der Waals surface area contributed by atoms with E-state index in [1.54, 1.807) is 13.0 Å². The minimum absolute atomic E-state index is 0.00667. The maximum Gasteiger partial charge on any atom is 0.276 e. The van der Waals surface area contributed by atoms with Gasteiger partial charge >= 0.3 is 0 Å². The molecule has 1 aromatic rings. The zero-order valence-corrected chi connectivity index (χ0v) is 9.98. The van der Waals surface area contributed by atoms with Crippen molar-refractivity contribution in [1.29, 1.82) is 0 Å². The number of nitrogens with one attached hydrogen (secondary N) is 1. The fourth-order valence-electron chi connectivity index (χ4n) is 2.86. The van der Waals surface area contributed by atoms with Gasteiger partial charge in [-0.05, 0) is 32.2 Å². The van der Waals surface area contributed by atoms with Gasteiger partial charge in [-0.25, -0.2) is 0 Å². The fourth-order valence-corrected chi connectivity index (χ4v) is 2.86. The van der Waals surface area contributed by atoms with Gasteiger partial charge in [0.15, 0.2) is 5.69 Å². The van der Waals surface area contributed by atoms with Crippen LogP contribution in [0.5, 0.6) is 0 Å². The molecule has 3 heterocycles. The number of fused-ring (bicyclic) bond motifs is 1. The highest BCUT2D eigenvalue weighted by atomic mass is 16.5. The zero-order chi connectivity index (χ0) is 11.8. The summed E-state index contributed by atoms with van der Waals surface area (Å²) < 4.78 is 4.95. The van der Waals surface area contributed by atoms with Gasteiger partial charge in [0, 0.05) is 25.2 Å². The average Bonchev–Trinajstić information content (AvgIpc) is 2.95. The van der Waals surface area contributed by atoms with Gasteiger partial charge < -0.3 is 14.7 Å². The molecule has 2 aliphatic heterocycles. The van der Waals surface area contributed by atoms with Crippen LogP contribution in [-0.2, 0) is 0 Å². The second kappa shape index (κ2) is 4.14. The number of aromatic nitrogens is 1. The minimum Gasteiger partial charge on any atom is -0.361 e. The molecule has 5 nitrogen and oxygen atoms in total. The highest BCUT2D eigenvalue weighted by Crippen LogP contribution is 2.25. The Bertz CT molecular complexity index is 429. The highest BCUT2D eigenvalue weighted by Gasteiger charge is 2.35. The molecule has 0 saturated carbocycles. The molecule has 1 aromatic heterocycles. The van der Waals surface area contributed by atoms with Crippen molar-refractivity contribution < 1.29 is 9.32 Å². The molecule has 2 fully saturated rings. The molecule has 1 N–H and O–H groups in total. The van der Waals surface area contributed by atoms with Crippen LogP contribution < -0.4 is 5.32 Å². The summed E-state index contributed by atoms with van der Waals surface area (Å²) in [6, 6.07) is 2.32. The van der Waals surface area contributed by atoms with Crippen LogP contribution in [0, 0.1) is 12.8 Å². The van der Waals surface area contributed by atoms with E-state index in [2.05, 4.69) is 10.5 Å². The quantitative estimate of drug-likeness (QED) is 0.782. The normalized spacial score (nSPS) is 28.2. The summed E-state index contributed by atoms with van der Waals surface area (Å²) >= 11 is 0. The van der Waals surface area contributed by atoms with Crippen LogP contribution in [0.3, 0.4) is 0 Å². The number of likely N-dealkylation sites (tertiary alicyclic amines) is 1. The van der Waals surface area contributed by atoms with Gasteiger partial charge in [0.25, 0.3) is 5.91 Å². The number of piperidine rings is 1. The number of carbonyl (C=O) groups is 1. The topological polar surface area (TPSA) is 58.4 Å². The smallest absolute Gasteiger partial charge is 0.276 e. The molecular formula is C12H17N3O2. The summed E-state index contributed by atoms with van der Waals surface area (Å²) in [6.07, 6.45) is 2.22. The molecule has 0 spiro atoms. The van der Waals surface area contributed by atoms with E-state index < -0.39 is 0 Å². The lowest BCUT2D eigenvalue weighted by Crippen LogP contribution is -2.46. The second-order valence-electron chi connectivity index (χ2n) is 4.97. The predicted octanol–water partition coefficient (Wildman–Crippen LogP) is 0.807. The summed E-state index contributed by atoms with van der Waals surface area (Å²) in [7, 11) is 0. The molecule has 3 rings (SSSR count). The first kappa shape index (κ1) is 10.8. The number of carbonyl (C=O) groups excluding carboxylic acids is 1. The van der Waals surface area contributed by atoms with Crippen molar-refractivity contribution in [2.75, 3.05) is 19.6 Å². The Hall–Kier alpha value is -1.36. The third-order valence-corrected chi connectivity index (χ3v) is 3.79. The Morgan fingerprint density at radius 3 is 3.24 bits per heavy atom. The molecule has 0 radical (unpaired) electrons. The summed E-state index contributed by atoms with van der Waals surface area (Å²) in [4.78, 5) is 14.1. The van der Waals surface area contributed by atoms with Gasteiger partial charge in [-0.3, -0.25) is 4.79 Å². The Balaban J connectivity index is 1.70. The lowest BCUT2D eigenvalue weighted by atomic mass is 9.93. The largest absolute Gasteiger partial charge is 0.361 e. The number of rotatable bonds is 1. The fraction of sp³-hybridized carbons (Fsp3) is 0.667. The Labute approximate surface area is 100 Å². The first-order valence-corrected chi connectivity index (χ1v) is 6.20. The van der Waals surface area contributed by atoms with Gasteiger partial charge in [-0.2, -0.15) is 0 Å². The zero-order valence-electron chi connectivity index (χ0n) is 9.98. The standard InChI is InChI=1S/C12H17N3O2/c1-8-6-11(14-17-8)12(16)15-5-3-10-9(7-15)2-4-13-10/h6,9-10,13H,2-5,7H2,1H3. The first-order valence-electron chi connectivity index (χ1n) is 6.20. The SMILES string of the molecule is Cc1cc(C(=O)N2CCC3NCCC3C2)no1. The number of hydrogen-bond donors (Lipinski definition) is 1. The van der Waals surface area contributed by atoms with Crippen LogP contribution in [0.1, 0.15) is 29.1 Å². The van der Waals surface area contributed by atoms with Crippen molar-refractivity contribution in [3.8, 4) is 0 Å². The number of amides is 1. The van der Waals surface area contributed by atoms with E-state index in [1.807, 2.05) is 4.90 Å². The van der Waals surface area contributed by atoms with Gasteiger partial charge in [-0.15, -0.1) is 0 Å². The van der Waals surface area contributed by atoms with Crippen molar-refractivity contribution in [2.24, 2.45) is 5.92 Å². The molecule has 0 bridgehead atoms. The van der Waals surface area contributed by atoms with Crippen LogP contribution in [0.2, 0.25) is 0 Å². The molecule has 2 aliphatic rings. The van der Waals surface area contributed by atoms with E-state index in [1.165, 1.54) is 6.42 Å². The Morgan fingerprint density at radius 2 is 2.47 bits per heavy atom. The third kappa shape index (κ3) is 1.95. The lowest BCUT2D eigenvalue weighted by molar-refractivity contribution is 0.0651. The molecule has 0 aliphatic carbocycles. The van der Waals surface area contributed by atoms with E-state index in [9.17, 15) is 4.79 Å². The molecule has 0 aromatic carbocycles. The molecule has 92 valence electrons. The molecule has 2 unspecified atom stereocenters. The minimum atomic E-state index is 0.00667. The Morgan fingerprint density at radius 1 is 1.59 bits per heavy atom. The van der Waals surface area contributed by atoms with Gasteiger partial charge in [0.05, 0.1) is 0 Å². The molecule has 17 heavy (non-hydrogen) atoms. The van der Waals surface area contributed by atoms with Crippen molar-refractivity contribution in [2.45, 2.75) is 25.8 Å². The summed E-state index contributed by atoms with van der Waals surface area (Å²) in [5, 5.41) is 7.28. The van der Waals surface area contributed by atoms with Gasteiger partial charge in [0.2, 0.25) is 0 Å². The first-order chi connectivity index (χ1) is 8.24. The van der Waals surface area contributed by atoms with E-state index in [0.29, 0.717) is 23.4 Å². The maximum atomic E-state index is 12.2. The van der Waals surface area contributed by atoms with Crippen LogP contribution in [0.4, 0.5) is 0 Å². The second-order valence-corrected chi connectivity index (χ2v) is 4.97. The highest BCUT2D eigenvalue weighted by molar-refractivity contribution is 5.92. The van der Waals surface area contributed by atoms with Gasteiger partial charge in [0.1, 0.15) is 5.76 Å². The van der Waals surface area contributed by atoms with Crippen molar-refractivity contribution >= 4 is 5.91 Å². The van der Waals surface area contributed by atoms with Crippen LogP contribution in [-0.4, -0.2) is 41.6 Å². The van der Waals surface area contributed by atoms with E-state index >= 15 is 0 Å². The molecule has 1 amide bonds. The van der Waals surface area contributed by atoms with E-state index in [-0.39, 0.29) is 5.91 Å². The molecule has 5 heteroatoms. The van der Waals surface area contributed by atoms with Crippen molar-refractivity contribution in [1.82, 2.24) is 15.4 Å². The van der Waals surface area contributed by atoms with Crippen LogP contribution in [0.25, 0.3) is 0 Å². The van der Waals surface area contributed by atoms with Crippen LogP contribution >= 0.6 is 0 Å². The number of hydrogen-bond acceptors (Lipinski definition) is 4. The van der Waals surface area contributed by atoms with Crippen molar-refractivity contribution in [3.05, 3.63) is 17.5 Å². The molecule has 2 saturated heterocycles. The number of nitrogens with zero attached hydrogens (tertiary/aromatic N) is 2. The average molecular weight is 235 g/mol. The number of aryl methyl sites for hydroxylation is 1. The summed E-state index contributed by atoms with van der Waals surface area (Å²) in [5.74, 6) is 1.30. The molecular weight excluding hydrogens is 218 g/mol.